The summed E-state index contributed by atoms with van der Waals surface area (Å²) in [5.74, 6) is 0. The van der Waals surface area contributed by atoms with Gasteiger partial charge >= 0.3 is 0 Å². The van der Waals surface area contributed by atoms with Gasteiger partial charge in [0.1, 0.15) is 0 Å². The average molecular weight is 247 g/mol. The molecule has 0 atom stereocenters. The van der Waals surface area contributed by atoms with Gasteiger partial charge in [-0.2, -0.15) is 0 Å². The molecule has 1 aliphatic rings. The Kier molecular flexibility index (Phi) is 4.42. The predicted molar refractivity (Wildman–Crippen MR) is 60.9 cm³/mol. The third-order valence-electron chi connectivity index (χ3n) is 2.79. The van der Waals surface area contributed by atoms with E-state index >= 15 is 0 Å². The highest BCUT2D eigenvalue weighted by atomic mass is 79.9. The molecule has 0 bridgehead atoms. The first-order valence-corrected chi connectivity index (χ1v) is 5.68. The van der Waals surface area contributed by atoms with Crippen molar-refractivity contribution < 1.29 is 0 Å². The van der Waals surface area contributed by atoms with E-state index in [4.69, 9.17) is 5.73 Å². The molecular formula is C10H19BrN2. The van der Waals surface area contributed by atoms with E-state index in [1.807, 2.05) is 0 Å². The molecule has 0 aliphatic heterocycles. The quantitative estimate of drug-likeness (QED) is 0.827. The first-order valence-electron chi connectivity index (χ1n) is 4.88. The summed E-state index contributed by atoms with van der Waals surface area (Å²) in [6, 6.07) is 1.14. The second-order valence-corrected chi connectivity index (χ2v) is 5.12. The Labute approximate surface area is 89.3 Å². The zero-order valence-electron chi connectivity index (χ0n) is 8.30. The molecule has 76 valence electrons. The molecule has 1 aliphatic carbocycles. The molecule has 0 aromatic rings. The third kappa shape index (κ3) is 3.79. The van der Waals surface area contributed by atoms with Gasteiger partial charge in [0.15, 0.2) is 0 Å². The second kappa shape index (κ2) is 5.13. The molecular weight excluding hydrogens is 228 g/mol. The highest BCUT2D eigenvalue weighted by Gasteiger charge is 2.21. The minimum atomic E-state index is 0.442. The lowest BCUT2D eigenvalue weighted by molar-refractivity contribution is 0.198. The number of halogens is 1. The predicted octanol–water partition coefficient (Wildman–Crippen LogP) is 2.10. The standard InChI is InChI=1S/C10H19BrN2/c1-8(11)7-13(2)10-5-3-9(12)4-6-10/h9-10H,1,3-7,12H2,2H3. The summed E-state index contributed by atoms with van der Waals surface area (Å²) < 4.78 is 1.06. The van der Waals surface area contributed by atoms with E-state index in [9.17, 15) is 0 Å². The van der Waals surface area contributed by atoms with Gasteiger partial charge in [-0.3, -0.25) is 4.90 Å². The van der Waals surface area contributed by atoms with Crippen LogP contribution in [0.25, 0.3) is 0 Å². The van der Waals surface area contributed by atoms with Gasteiger partial charge in [-0.15, -0.1) is 0 Å². The largest absolute Gasteiger partial charge is 0.328 e. The first-order chi connectivity index (χ1) is 6.09. The Balaban J connectivity index is 2.31. The summed E-state index contributed by atoms with van der Waals surface area (Å²) in [6.07, 6.45) is 4.81. The zero-order chi connectivity index (χ0) is 9.84. The summed E-state index contributed by atoms with van der Waals surface area (Å²) in [5, 5.41) is 0. The van der Waals surface area contributed by atoms with E-state index in [-0.39, 0.29) is 0 Å². The van der Waals surface area contributed by atoms with Gasteiger partial charge < -0.3 is 5.73 Å². The molecule has 0 radical (unpaired) electrons. The zero-order valence-corrected chi connectivity index (χ0v) is 9.89. The molecule has 0 aromatic carbocycles. The van der Waals surface area contributed by atoms with E-state index in [1.54, 1.807) is 0 Å². The van der Waals surface area contributed by atoms with Gasteiger partial charge in [-0.1, -0.05) is 22.5 Å². The van der Waals surface area contributed by atoms with Gasteiger partial charge in [-0.05, 0) is 32.7 Å². The third-order valence-corrected chi connectivity index (χ3v) is 3.04. The van der Waals surface area contributed by atoms with Crippen molar-refractivity contribution in [1.29, 1.82) is 0 Å². The van der Waals surface area contributed by atoms with E-state index in [0.717, 1.165) is 11.0 Å². The summed E-state index contributed by atoms with van der Waals surface area (Å²) in [4.78, 5) is 2.36. The Bertz CT molecular complexity index is 174. The Morgan fingerprint density at radius 1 is 1.46 bits per heavy atom. The van der Waals surface area contributed by atoms with Crippen molar-refractivity contribution >= 4 is 15.9 Å². The van der Waals surface area contributed by atoms with Gasteiger partial charge in [-0.25, -0.2) is 0 Å². The summed E-state index contributed by atoms with van der Waals surface area (Å²) >= 11 is 3.39. The lowest BCUT2D eigenvalue weighted by Crippen LogP contribution is -2.39. The van der Waals surface area contributed by atoms with Crippen LogP contribution in [0, 0.1) is 0 Å². The van der Waals surface area contributed by atoms with Crippen LogP contribution in [-0.4, -0.2) is 30.6 Å². The van der Waals surface area contributed by atoms with Gasteiger partial charge in [0, 0.05) is 23.1 Å². The number of likely N-dealkylation sites (N-methyl/N-ethyl adjacent to an activating group) is 1. The van der Waals surface area contributed by atoms with Crippen molar-refractivity contribution in [3.05, 3.63) is 11.1 Å². The number of nitrogens with two attached hydrogens (primary N) is 1. The second-order valence-electron chi connectivity index (χ2n) is 4.00. The van der Waals surface area contributed by atoms with Crippen LogP contribution in [-0.2, 0) is 0 Å². The molecule has 1 saturated carbocycles. The van der Waals surface area contributed by atoms with Crippen LogP contribution in [0.15, 0.2) is 11.1 Å². The molecule has 0 heterocycles. The SMILES string of the molecule is C=C(Br)CN(C)C1CCC(N)CC1. The molecule has 0 spiro atoms. The van der Waals surface area contributed by atoms with Gasteiger partial charge in [0.2, 0.25) is 0 Å². The lowest BCUT2D eigenvalue weighted by Gasteiger charge is -2.33. The fourth-order valence-electron chi connectivity index (χ4n) is 1.94. The Morgan fingerprint density at radius 3 is 2.46 bits per heavy atom. The van der Waals surface area contributed by atoms with Crippen LogP contribution in [0.1, 0.15) is 25.7 Å². The molecule has 2 nitrogen and oxygen atoms in total. The van der Waals surface area contributed by atoms with E-state index in [1.165, 1.54) is 25.7 Å². The van der Waals surface area contributed by atoms with E-state index in [2.05, 4.69) is 34.5 Å². The van der Waals surface area contributed by atoms with E-state index in [0.29, 0.717) is 12.1 Å². The lowest BCUT2D eigenvalue weighted by atomic mass is 9.91. The summed E-state index contributed by atoms with van der Waals surface area (Å²) in [7, 11) is 2.16. The molecule has 0 amide bonds. The highest BCUT2D eigenvalue weighted by molar-refractivity contribution is 9.11. The Morgan fingerprint density at radius 2 is 2.00 bits per heavy atom. The van der Waals surface area contributed by atoms with Crippen LogP contribution in [0.2, 0.25) is 0 Å². The van der Waals surface area contributed by atoms with Gasteiger partial charge in [0.25, 0.3) is 0 Å². The highest BCUT2D eigenvalue weighted by Crippen LogP contribution is 2.22. The molecule has 1 rings (SSSR count). The van der Waals surface area contributed by atoms with Crippen molar-refractivity contribution in [3.8, 4) is 0 Å². The van der Waals surface area contributed by atoms with Crippen molar-refractivity contribution in [2.24, 2.45) is 5.73 Å². The van der Waals surface area contributed by atoms with Crippen molar-refractivity contribution in [3.63, 3.8) is 0 Å². The van der Waals surface area contributed by atoms with Gasteiger partial charge in [0.05, 0.1) is 0 Å². The van der Waals surface area contributed by atoms with Crippen molar-refractivity contribution in [2.75, 3.05) is 13.6 Å². The molecule has 0 unspecified atom stereocenters. The monoisotopic (exact) mass is 246 g/mol. The smallest absolute Gasteiger partial charge is 0.0293 e. The molecule has 1 fully saturated rings. The fourth-order valence-corrected chi connectivity index (χ4v) is 2.34. The van der Waals surface area contributed by atoms with Crippen LogP contribution in [0.3, 0.4) is 0 Å². The van der Waals surface area contributed by atoms with E-state index < -0.39 is 0 Å². The van der Waals surface area contributed by atoms with Crippen LogP contribution in [0.4, 0.5) is 0 Å². The molecule has 2 N–H and O–H groups in total. The van der Waals surface area contributed by atoms with Crippen LogP contribution < -0.4 is 5.73 Å². The topological polar surface area (TPSA) is 29.3 Å². The minimum absolute atomic E-state index is 0.442. The average Bonchev–Trinajstić information content (AvgIpc) is 2.04. The molecule has 0 saturated heterocycles. The molecule has 13 heavy (non-hydrogen) atoms. The maximum atomic E-state index is 5.85. The number of nitrogens with zero attached hydrogens (tertiary/aromatic N) is 1. The minimum Gasteiger partial charge on any atom is -0.328 e. The van der Waals surface area contributed by atoms with Crippen LogP contribution >= 0.6 is 15.9 Å². The summed E-state index contributed by atoms with van der Waals surface area (Å²) in [5.41, 5.74) is 5.85. The summed E-state index contributed by atoms with van der Waals surface area (Å²) in [6.45, 7) is 4.80. The number of hydrogen-bond acceptors (Lipinski definition) is 2. The first kappa shape index (κ1) is 11.2. The number of rotatable bonds is 3. The Hall–Kier alpha value is 0.140. The van der Waals surface area contributed by atoms with Crippen LogP contribution in [0.5, 0.6) is 0 Å². The number of hydrogen-bond donors (Lipinski definition) is 1. The fraction of sp³-hybridized carbons (Fsp3) is 0.800. The van der Waals surface area contributed by atoms with Crippen molar-refractivity contribution in [2.45, 2.75) is 37.8 Å². The van der Waals surface area contributed by atoms with Crippen molar-refractivity contribution in [1.82, 2.24) is 4.90 Å². The molecule has 3 heteroatoms. The maximum absolute atomic E-state index is 5.85. The molecule has 0 aromatic heterocycles. The maximum Gasteiger partial charge on any atom is 0.0293 e. The normalized spacial score (nSPS) is 29.2.